The Bertz CT molecular complexity index is 654. The number of carboxylic acids is 1. The van der Waals surface area contributed by atoms with Crippen molar-refractivity contribution in [2.45, 2.75) is 33.4 Å². The highest BCUT2D eigenvalue weighted by Gasteiger charge is 2.11. The average molecular weight is 301 g/mol. The standard InChI is InChI=1S/C16H19N3O3/c1-10(2)17-14-8-13(16(20)21)18-15(19-14)9-22-12-6-4-11(3)5-7-12/h4-8,10H,9H2,1-3H3,(H,20,21)(H,17,18,19). The number of aromatic nitrogens is 2. The molecule has 0 aliphatic heterocycles. The molecular weight excluding hydrogens is 282 g/mol. The molecule has 0 radical (unpaired) electrons. The molecule has 22 heavy (non-hydrogen) atoms. The predicted octanol–water partition coefficient (Wildman–Crippen LogP) is 2.88. The van der Waals surface area contributed by atoms with Crippen LogP contribution in [-0.2, 0) is 6.61 Å². The number of ether oxygens (including phenoxy) is 1. The Morgan fingerprint density at radius 2 is 1.95 bits per heavy atom. The summed E-state index contributed by atoms with van der Waals surface area (Å²) >= 11 is 0. The fourth-order valence-corrected chi connectivity index (χ4v) is 1.82. The molecule has 1 aromatic carbocycles. The molecule has 2 rings (SSSR count). The van der Waals surface area contributed by atoms with Gasteiger partial charge in [0.25, 0.3) is 0 Å². The third-order valence-electron chi connectivity index (χ3n) is 2.82. The Morgan fingerprint density at radius 3 is 2.55 bits per heavy atom. The van der Waals surface area contributed by atoms with Crippen molar-refractivity contribution in [3.05, 3.63) is 47.4 Å². The van der Waals surface area contributed by atoms with E-state index in [0.29, 0.717) is 17.4 Å². The fraction of sp³-hybridized carbons (Fsp3) is 0.312. The zero-order chi connectivity index (χ0) is 16.1. The first-order chi connectivity index (χ1) is 10.4. The molecule has 2 N–H and O–H groups in total. The van der Waals surface area contributed by atoms with Gasteiger partial charge in [-0.25, -0.2) is 14.8 Å². The second-order valence-electron chi connectivity index (χ2n) is 5.26. The molecular formula is C16H19N3O3. The number of benzene rings is 1. The molecule has 0 aliphatic carbocycles. The third-order valence-corrected chi connectivity index (χ3v) is 2.82. The van der Waals surface area contributed by atoms with Crippen LogP contribution in [0.15, 0.2) is 30.3 Å². The van der Waals surface area contributed by atoms with Crippen LogP contribution in [0.5, 0.6) is 5.75 Å². The van der Waals surface area contributed by atoms with Gasteiger partial charge in [0.2, 0.25) is 0 Å². The van der Waals surface area contributed by atoms with Crippen molar-refractivity contribution in [1.82, 2.24) is 9.97 Å². The zero-order valence-electron chi connectivity index (χ0n) is 12.8. The number of hydrogen-bond acceptors (Lipinski definition) is 5. The lowest BCUT2D eigenvalue weighted by molar-refractivity contribution is 0.0689. The van der Waals surface area contributed by atoms with Crippen LogP contribution in [0.25, 0.3) is 0 Å². The van der Waals surface area contributed by atoms with E-state index < -0.39 is 5.97 Å². The maximum Gasteiger partial charge on any atom is 0.354 e. The summed E-state index contributed by atoms with van der Waals surface area (Å²) in [5.74, 6) is 0.396. The lowest BCUT2D eigenvalue weighted by atomic mass is 10.2. The fourth-order valence-electron chi connectivity index (χ4n) is 1.82. The molecule has 0 fully saturated rings. The van der Waals surface area contributed by atoms with Gasteiger partial charge in [-0.3, -0.25) is 0 Å². The smallest absolute Gasteiger partial charge is 0.354 e. The van der Waals surface area contributed by atoms with E-state index in [-0.39, 0.29) is 18.3 Å². The Kier molecular flexibility index (Phi) is 4.93. The number of hydrogen-bond donors (Lipinski definition) is 2. The van der Waals surface area contributed by atoms with Crippen molar-refractivity contribution in [2.24, 2.45) is 0 Å². The van der Waals surface area contributed by atoms with Gasteiger partial charge in [-0.1, -0.05) is 17.7 Å². The highest BCUT2D eigenvalue weighted by Crippen LogP contribution is 2.14. The maximum absolute atomic E-state index is 11.1. The number of nitrogens with one attached hydrogen (secondary N) is 1. The summed E-state index contributed by atoms with van der Waals surface area (Å²) in [6.45, 7) is 6.00. The molecule has 0 bridgehead atoms. The van der Waals surface area contributed by atoms with Crippen molar-refractivity contribution in [2.75, 3.05) is 5.32 Å². The molecule has 0 atom stereocenters. The van der Waals surface area contributed by atoms with E-state index in [1.54, 1.807) is 0 Å². The van der Waals surface area contributed by atoms with Gasteiger partial charge in [-0.2, -0.15) is 0 Å². The summed E-state index contributed by atoms with van der Waals surface area (Å²) in [5.41, 5.74) is 1.08. The molecule has 0 spiro atoms. The number of aromatic carboxylic acids is 1. The molecule has 0 amide bonds. The summed E-state index contributed by atoms with van der Waals surface area (Å²) in [6.07, 6.45) is 0. The van der Waals surface area contributed by atoms with E-state index in [2.05, 4.69) is 15.3 Å². The second kappa shape index (κ2) is 6.89. The first-order valence-electron chi connectivity index (χ1n) is 7.01. The molecule has 6 nitrogen and oxygen atoms in total. The minimum atomic E-state index is -1.09. The van der Waals surface area contributed by atoms with Gasteiger partial charge in [0.15, 0.2) is 11.5 Å². The number of nitrogens with zero attached hydrogens (tertiary/aromatic N) is 2. The van der Waals surface area contributed by atoms with Crippen LogP contribution < -0.4 is 10.1 Å². The van der Waals surface area contributed by atoms with Gasteiger partial charge >= 0.3 is 5.97 Å². The highest BCUT2D eigenvalue weighted by atomic mass is 16.5. The number of rotatable bonds is 6. The van der Waals surface area contributed by atoms with Gasteiger partial charge < -0.3 is 15.2 Å². The van der Waals surface area contributed by atoms with Crippen LogP contribution in [0.3, 0.4) is 0 Å². The van der Waals surface area contributed by atoms with E-state index >= 15 is 0 Å². The van der Waals surface area contributed by atoms with Crippen LogP contribution in [-0.4, -0.2) is 27.1 Å². The van der Waals surface area contributed by atoms with Crippen molar-refractivity contribution in [1.29, 1.82) is 0 Å². The minimum absolute atomic E-state index is 0.0549. The number of anilines is 1. The molecule has 116 valence electrons. The number of carboxylic acid groups (broad SMARTS) is 1. The first kappa shape index (κ1) is 15.8. The second-order valence-corrected chi connectivity index (χ2v) is 5.26. The molecule has 0 saturated heterocycles. The Balaban J connectivity index is 2.16. The normalized spacial score (nSPS) is 10.5. The van der Waals surface area contributed by atoms with Crippen LogP contribution >= 0.6 is 0 Å². The van der Waals surface area contributed by atoms with E-state index in [1.807, 2.05) is 45.0 Å². The number of aryl methyl sites for hydroxylation is 1. The van der Waals surface area contributed by atoms with E-state index in [4.69, 9.17) is 9.84 Å². The highest BCUT2D eigenvalue weighted by molar-refractivity contribution is 5.86. The first-order valence-corrected chi connectivity index (χ1v) is 7.01. The molecule has 1 heterocycles. The van der Waals surface area contributed by atoms with Gasteiger partial charge in [-0.05, 0) is 32.9 Å². The SMILES string of the molecule is Cc1ccc(OCc2nc(NC(C)C)cc(C(=O)O)n2)cc1. The van der Waals surface area contributed by atoms with Gasteiger partial charge in [0.1, 0.15) is 18.2 Å². The largest absolute Gasteiger partial charge is 0.486 e. The minimum Gasteiger partial charge on any atom is -0.486 e. The molecule has 6 heteroatoms. The van der Waals surface area contributed by atoms with E-state index in [1.165, 1.54) is 6.07 Å². The number of carbonyl (C=O) groups is 1. The van der Waals surface area contributed by atoms with E-state index in [0.717, 1.165) is 5.56 Å². The van der Waals surface area contributed by atoms with E-state index in [9.17, 15) is 4.79 Å². The Morgan fingerprint density at radius 1 is 1.27 bits per heavy atom. The molecule has 2 aromatic rings. The predicted molar refractivity (Wildman–Crippen MR) is 83.3 cm³/mol. The summed E-state index contributed by atoms with van der Waals surface area (Å²) < 4.78 is 5.60. The maximum atomic E-state index is 11.1. The van der Waals surface area contributed by atoms with Crippen molar-refractivity contribution in [3.63, 3.8) is 0 Å². The molecule has 0 unspecified atom stereocenters. The summed E-state index contributed by atoms with van der Waals surface area (Å²) in [4.78, 5) is 19.4. The Labute approximate surface area is 129 Å². The Hall–Kier alpha value is -2.63. The summed E-state index contributed by atoms with van der Waals surface area (Å²) in [7, 11) is 0. The van der Waals surface area contributed by atoms with Gasteiger partial charge in [-0.15, -0.1) is 0 Å². The van der Waals surface area contributed by atoms with Gasteiger partial charge in [0.05, 0.1) is 0 Å². The van der Waals surface area contributed by atoms with Crippen molar-refractivity contribution < 1.29 is 14.6 Å². The van der Waals surface area contributed by atoms with Crippen LogP contribution in [0.1, 0.15) is 35.7 Å². The molecule has 0 aliphatic rings. The topological polar surface area (TPSA) is 84.3 Å². The monoisotopic (exact) mass is 301 g/mol. The summed E-state index contributed by atoms with van der Waals surface area (Å²) in [6, 6.07) is 9.14. The summed E-state index contributed by atoms with van der Waals surface area (Å²) in [5, 5.41) is 12.2. The van der Waals surface area contributed by atoms with Crippen LogP contribution in [0.2, 0.25) is 0 Å². The van der Waals surface area contributed by atoms with Crippen molar-refractivity contribution >= 4 is 11.8 Å². The van der Waals surface area contributed by atoms with Crippen LogP contribution in [0.4, 0.5) is 5.82 Å². The molecule has 1 aromatic heterocycles. The van der Waals surface area contributed by atoms with Crippen LogP contribution in [0, 0.1) is 6.92 Å². The quantitative estimate of drug-likeness (QED) is 0.853. The average Bonchev–Trinajstić information content (AvgIpc) is 2.45. The lowest BCUT2D eigenvalue weighted by Crippen LogP contribution is -2.15. The molecule has 0 saturated carbocycles. The zero-order valence-corrected chi connectivity index (χ0v) is 12.8. The van der Waals surface area contributed by atoms with Gasteiger partial charge in [0, 0.05) is 12.1 Å². The lowest BCUT2D eigenvalue weighted by Gasteiger charge is -2.11. The van der Waals surface area contributed by atoms with Crippen molar-refractivity contribution in [3.8, 4) is 5.75 Å². The third kappa shape index (κ3) is 4.44.